The Morgan fingerprint density at radius 2 is 1.92 bits per heavy atom. The first kappa shape index (κ1) is 28.0. The molecule has 17 heteroatoms. The van der Waals surface area contributed by atoms with Gasteiger partial charge in [-0.25, -0.2) is 9.37 Å². The average molecular weight is 580 g/mol. The van der Waals surface area contributed by atoms with Gasteiger partial charge in [0, 0.05) is 0 Å². The van der Waals surface area contributed by atoms with Gasteiger partial charge in [-0.2, -0.15) is 9.97 Å². The molecule has 37 heavy (non-hydrogen) atoms. The van der Waals surface area contributed by atoms with Crippen molar-refractivity contribution in [2.24, 2.45) is 0 Å². The highest BCUT2D eigenvalue weighted by Gasteiger charge is 2.45. The van der Waals surface area contributed by atoms with Crippen LogP contribution in [0.3, 0.4) is 0 Å². The van der Waals surface area contributed by atoms with Crippen LogP contribution in [0.25, 0.3) is 11.2 Å². The number of imidazole rings is 1. The van der Waals surface area contributed by atoms with Gasteiger partial charge >= 0.3 is 15.2 Å². The van der Waals surface area contributed by atoms with Crippen molar-refractivity contribution in [3.05, 3.63) is 47.5 Å². The Kier molecular flexibility index (Phi) is 8.34. The highest BCUT2D eigenvalue weighted by molar-refractivity contribution is 7.70. The Bertz CT molecular complexity index is 1350. The molecule has 0 aliphatic carbocycles. The summed E-state index contributed by atoms with van der Waals surface area (Å²) >= 11 is 6.13. The Morgan fingerprint density at radius 3 is 2.59 bits per heavy atom. The molecule has 4 rings (SSSR count). The van der Waals surface area contributed by atoms with Gasteiger partial charge < -0.3 is 38.9 Å². The van der Waals surface area contributed by atoms with Crippen molar-refractivity contribution in [1.82, 2.24) is 19.5 Å². The second kappa shape index (κ2) is 11.0. The van der Waals surface area contributed by atoms with E-state index in [0.29, 0.717) is 11.3 Å². The summed E-state index contributed by atoms with van der Waals surface area (Å²) in [7, 11) is -9.54. The van der Waals surface area contributed by atoms with Crippen LogP contribution in [0.1, 0.15) is 18.5 Å². The number of hydrogen-bond donors (Lipinski definition) is 5. The van der Waals surface area contributed by atoms with E-state index < -0.39 is 52.2 Å². The highest BCUT2D eigenvalue weighted by atomic mass is 35.5. The van der Waals surface area contributed by atoms with Crippen molar-refractivity contribution in [2.45, 2.75) is 44.0 Å². The molecule has 1 fully saturated rings. The topological polar surface area (TPSA) is 189 Å². The molecule has 0 bridgehead atoms. The van der Waals surface area contributed by atoms with Gasteiger partial charge in [-0.15, -0.1) is 0 Å². The van der Waals surface area contributed by atoms with Crippen molar-refractivity contribution in [2.75, 3.05) is 17.8 Å². The second-order valence-electron chi connectivity index (χ2n) is 8.57. The van der Waals surface area contributed by atoms with E-state index >= 15 is 0 Å². The third kappa shape index (κ3) is 6.91. The van der Waals surface area contributed by atoms with Gasteiger partial charge in [0.25, 0.3) is 0 Å². The van der Waals surface area contributed by atoms with E-state index in [1.165, 1.54) is 10.9 Å². The number of alkyl halides is 1. The fourth-order valence-electron chi connectivity index (χ4n) is 3.93. The molecule has 0 saturated carbocycles. The minimum Gasteiger partial charge on any atom is -0.387 e. The maximum atomic E-state index is 14.8. The van der Waals surface area contributed by atoms with Gasteiger partial charge in [0.15, 0.2) is 29.1 Å². The smallest absolute Gasteiger partial charge is 0.340 e. The normalized spacial score (nSPS) is 24.7. The first-order chi connectivity index (χ1) is 17.3. The van der Waals surface area contributed by atoms with Gasteiger partial charge in [0.1, 0.15) is 18.3 Å². The van der Waals surface area contributed by atoms with Crippen LogP contribution in [0.5, 0.6) is 0 Å². The quantitative estimate of drug-likeness (QED) is 0.174. The van der Waals surface area contributed by atoms with Gasteiger partial charge in [-0.3, -0.25) is 9.13 Å². The molecule has 1 aliphatic rings. The van der Waals surface area contributed by atoms with Crippen LogP contribution in [-0.2, 0) is 24.9 Å². The van der Waals surface area contributed by atoms with Crippen molar-refractivity contribution >= 4 is 43.8 Å². The summed E-state index contributed by atoms with van der Waals surface area (Å²) in [5.41, 5.74) is 1.66. The highest BCUT2D eigenvalue weighted by Crippen LogP contribution is 2.55. The Labute approximate surface area is 215 Å². The zero-order chi connectivity index (χ0) is 27.0. The standard InChI is InChI=1S/C20H25ClFN5O8P2/c1-11(12-5-3-2-4-6-12)24-18-16-19(26-20(21)25-18)27(9-23-16)7-13-15(22)17(28)14(35-13)8-34-37(32,33)10-36(29,30)31/h2-6,9,11,13-15,17,28H,7-8,10H2,1H3,(H,32,33)(H,24,25,26)(H2,29,30,31)/t11-,13?,14+,15+,17+/m0/s1. The zero-order valence-corrected chi connectivity index (χ0v) is 21.9. The molecule has 13 nitrogen and oxygen atoms in total. The molecule has 2 aromatic heterocycles. The number of aliphatic hydroxyl groups excluding tert-OH is 1. The lowest BCUT2D eigenvalue weighted by Crippen LogP contribution is -2.32. The average Bonchev–Trinajstić information content (AvgIpc) is 3.33. The number of aliphatic hydroxyl groups is 1. The van der Waals surface area contributed by atoms with Gasteiger partial charge in [0.05, 0.1) is 25.5 Å². The fourth-order valence-corrected chi connectivity index (χ4v) is 6.66. The Hall–Kier alpha value is -1.99. The lowest BCUT2D eigenvalue weighted by molar-refractivity contribution is -0.0217. The van der Waals surface area contributed by atoms with E-state index in [1.54, 1.807) is 0 Å². The molecular weight excluding hydrogens is 555 g/mol. The largest absolute Gasteiger partial charge is 0.387 e. The number of hydrogen-bond acceptors (Lipinski definition) is 9. The molecule has 1 saturated heterocycles. The maximum Gasteiger partial charge on any atom is 0.340 e. The molecule has 0 spiro atoms. The van der Waals surface area contributed by atoms with Crippen LogP contribution >= 0.6 is 26.8 Å². The number of rotatable bonds is 10. The lowest BCUT2D eigenvalue weighted by Gasteiger charge is -2.18. The minimum atomic E-state index is -4.84. The summed E-state index contributed by atoms with van der Waals surface area (Å²) in [6.45, 7) is 1.03. The first-order valence-electron chi connectivity index (χ1n) is 11.0. The first-order valence-corrected chi connectivity index (χ1v) is 15.0. The zero-order valence-electron chi connectivity index (χ0n) is 19.3. The third-order valence-corrected chi connectivity index (χ3v) is 9.31. The number of fused-ring (bicyclic) bond motifs is 1. The molecule has 1 aliphatic heterocycles. The van der Waals surface area contributed by atoms with Crippen LogP contribution in [-0.4, -0.2) is 76.3 Å². The predicted octanol–water partition coefficient (Wildman–Crippen LogP) is 2.46. The van der Waals surface area contributed by atoms with E-state index in [4.69, 9.17) is 26.1 Å². The number of halogens is 2. The number of ether oxygens (including phenoxy) is 1. The number of aromatic nitrogens is 4. The summed E-state index contributed by atoms with van der Waals surface area (Å²) in [6, 6.07) is 9.47. The Morgan fingerprint density at radius 1 is 1.22 bits per heavy atom. The summed E-state index contributed by atoms with van der Waals surface area (Å²) in [5, 5.41) is 13.4. The SMILES string of the molecule is C[C@H](Nc1nc(Cl)nc2c1ncn2CC1O[C@H](COP(=O)(O)CP(=O)(O)O)[C@@H](O)[C@@H]1F)c1ccccc1. The van der Waals surface area contributed by atoms with Crippen LogP contribution in [0.15, 0.2) is 36.7 Å². The second-order valence-corrected chi connectivity index (χ2v) is 12.9. The maximum absolute atomic E-state index is 14.8. The molecule has 3 heterocycles. The van der Waals surface area contributed by atoms with E-state index in [2.05, 4.69) is 24.8 Å². The molecule has 1 aromatic carbocycles. The lowest BCUT2D eigenvalue weighted by atomic mass is 10.1. The number of benzene rings is 1. The number of nitrogens with zero attached hydrogens (tertiary/aromatic N) is 4. The number of nitrogens with one attached hydrogen (secondary N) is 1. The predicted molar refractivity (Wildman–Crippen MR) is 131 cm³/mol. The van der Waals surface area contributed by atoms with Crippen molar-refractivity contribution in [3.63, 3.8) is 0 Å². The molecule has 0 radical (unpaired) electrons. The summed E-state index contributed by atoms with van der Waals surface area (Å²) < 4.78 is 49.3. The van der Waals surface area contributed by atoms with Crippen LogP contribution in [0.4, 0.5) is 10.2 Å². The summed E-state index contributed by atoms with van der Waals surface area (Å²) in [5.74, 6) is -1.05. The minimum absolute atomic E-state index is 0.0729. The molecule has 0 amide bonds. The molecule has 2 unspecified atom stereocenters. The van der Waals surface area contributed by atoms with Gasteiger partial charge in [0.2, 0.25) is 5.28 Å². The molecule has 202 valence electrons. The summed E-state index contributed by atoms with van der Waals surface area (Å²) in [6.07, 6.45) is -4.79. The fraction of sp³-hybridized carbons (Fsp3) is 0.450. The molecule has 3 aromatic rings. The van der Waals surface area contributed by atoms with Crippen LogP contribution < -0.4 is 5.32 Å². The molecule has 6 atom stereocenters. The van der Waals surface area contributed by atoms with E-state index in [-0.39, 0.29) is 23.5 Å². The molecule has 5 N–H and O–H groups in total. The van der Waals surface area contributed by atoms with Crippen molar-refractivity contribution in [1.29, 1.82) is 0 Å². The van der Waals surface area contributed by atoms with Crippen molar-refractivity contribution in [3.8, 4) is 0 Å². The van der Waals surface area contributed by atoms with E-state index in [9.17, 15) is 23.5 Å². The summed E-state index contributed by atoms with van der Waals surface area (Å²) in [4.78, 5) is 40.1. The Balaban J connectivity index is 1.47. The van der Waals surface area contributed by atoms with Crippen LogP contribution in [0.2, 0.25) is 5.28 Å². The number of anilines is 1. The van der Waals surface area contributed by atoms with E-state index in [1.807, 2.05) is 37.3 Å². The van der Waals surface area contributed by atoms with Crippen molar-refractivity contribution < 1.29 is 42.6 Å². The monoisotopic (exact) mass is 579 g/mol. The van der Waals surface area contributed by atoms with Gasteiger partial charge in [-0.05, 0) is 24.1 Å². The van der Waals surface area contributed by atoms with Gasteiger partial charge in [-0.1, -0.05) is 30.3 Å². The van der Waals surface area contributed by atoms with E-state index in [0.717, 1.165) is 5.56 Å². The molecular formula is C20H25ClFN5O8P2. The third-order valence-electron chi connectivity index (χ3n) is 5.68. The van der Waals surface area contributed by atoms with Crippen LogP contribution in [0, 0.1) is 0 Å².